The molecule has 0 radical (unpaired) electrons. The number of aryl methyl sites for hydroxylation is 1. The number of aliphatic hydroxyl groups is 1. The van der Waals surface area contributed by atoms with Gasteiger partial charge in [0.15, 0.2) is 0 Å². The second-order valence-electron chi connectivity index (χ2n) is 4.84. The summed E-state index contributed by atoms with van der Waals surface area (Å²) in [7, 11) is 0. The molecule has 1 aliphatic rings. The Labute approximate surface area is 107 Å². The zero-order chi connectivity index (χ0) is 12.4. The molecule has 0 heterocycles. The zero-order valence-electron chi connectivity index (χ0n) is 10.0. The smallest absolute Gasteiger partial charge is 0.0656 e. The van der Waals surface area contributed by atoms with Crippen molar-refractivity contribution in [1.82, 2.24) is 0 Å². The van der Waals surface area contributed by atoms with Gasteiger partial charge in [-0.25, -0.2) is 0 Å². The van der Waals surface area contributed by atoms with Crippen LogP contribution in [0.1, 0.15) is 31.2 Å². The van der Waals surface area contributed by atoms with Gasteiger partial charge in [-0.2, -0.15) is 0 Å². The van der Waals surface area contributed by atoms with Crippen molar-refractivity contribution in [1.29, 1.82) is 0 Å². The number of hydrogen-bond donors (Lipinski definition) is 3. The Kier molecular flexibility index (Phi) is 3.79. The van der Waals surface area contributed by atoms with E-state index in [0.717, 1.165) is 36.9 Å². The van der Waals surface area contributed by atoms with Gasteiger partial charge in [-0.1, -0.05) is 11.6 Å². The van der Waals surface area contributed by atoms with E-state index in [4.69, 9.17) is 17.3 Å². The molecule has 4 heteroatoms. The van der Waals surface area contributed by atoms with Gasteiger partial charge in [0.25, 0.3) is 0 Å². The summed E-state index contributed by atoms with van der Waals surface area (Å²) < 4.78 is 0. The Morgan fingerprint density at radius 1 is 1.29 bits per heavy atom. The summed E-state index contributed by atoms with van der Waals surface area (Å²) >= 11 is 6.02. The van der Waals surface area contributed by atoms with Crippen LogP contribution in [0, 0.1) is 6.92 Å². The molecule has 1 fully saturated rings. The van der Waals surface area contributed by atoms with E-state index in [2.05, 4.69) is 5.32 Å². The van der Waals surface area contributed by atoms with Gasteiger partial charge in [-0.3, -0.25) is 0 Å². The molecule has 0 unspecified atom stereocenters. The molecule has 0 spiro atoms. The maximum atomic E-state index is 9.46. The molecule has 0 aliphatic heterocycles. The van der Waals surface area contributed by atoms with Gasteiger partial charge in [0.05, 0.1) is 16.8 Å². The average Bonchev–Trinajstić information content (AvgIpc) is 2.29. The van der Waals surface area contributed by atoms with Crippen LogP contribution in [0.2, 0.25) is 5.02 Å². The summed E-state index contributed by atoms with van der Waals surface area (Å²) in [6.07, 6.45) is 3.63. The van der Waals surface area contributed by atoms with E-state index in [-0.39, 0.29) is 6.10 Å². The predicted octanol–water partition coefficient (Wildman–Crippen LogP) is 2.95. The third-order valence-corrected chi connectivity index (χ3v) is 3.73. The standard InChI is InChI=1S/C13H19ClN2O/c1-8-6-12(15)11(14)7-13(8)16-9-2-4-10(17)5-3-9/h6-7,9-10,16-17H,2-5,15H2,1H3. The molecule has 2 rings (SSSR count). The summed E-state index contributed by atoms with van der Waals surface area (Å²) in [5.74, 6) is 0. The molecule has 0 bridgehead atoms. The van der Waals surface area contributed by atoms with Crippen LogP contribution in [0.15, 0.2) is 12.1 Å². The maximum Gasteiger partial charge on any atom is 0.0656 e. The zero-order valence-corrected chi connectivity index (χ0v) is 10.8. The lowest BCUT2D eigenvalue weighted by atomic mass is 9.93. The van der Waals surface area contributed by atoms with E-state index in [9.17, 15) is 5.11 Å². The van der Waals surface area contributed by atoms with Crippen LogP contribution in [0.3, 0.4) is 0 Å². The third kappa shape index (κ3) is 3.05. The fourth-order valence-electron chi connectivity index (χ4n) is 2.30. The summed E-state index contributed by atoms with van der Waals surface area (Å²) in [4.78, 5) is 0. The fourth-order valence-corrected chi connectivity index (χ4v) is 2.46. The van der Waals surface area contributed by atoms with Gasteiger partial charge >= 0.3 is 0 Å². The second kappa shape index (κ2) is 5.15. The predicted molar refractivity (Wildman–Crippen MR) is 72.5 cm³/mol. The normalized spacial score (nSPS) is 24.6. The highest BCUT2D eigenvalue weighted by molar-refractivity contribution is 6.33. The van der Waals surface area contributed by atoms with Gasteiger partial charge in [0.1, 0.15) is 0 Å². The van der Waals surface area contributed by atoms with Crippen molar-refractivity contribution < 1.29 is 5.11 Å². The first-order valence-corrected chi connectivity index (χ1v) is 6.44. The quantitative estimate of drug-likeness (QED) is 0.712. The number of nitrogen functional groups attached to an aromatic ring is 1. The lowest BCUT2D eigenvalue weighted by Gasteiger charge is -2.27. The molecule has 1 aliphatic carbocycles. The monoisotopic (exact) mass is 254 g/mol. The van der Waals surface area contributed by atoms with E-state index < -0.39 is 0 Å². The molecule has 17 heavy (non-hydrogen) atoms. The molecule has 0 aromatic heterocycles. The number of rotatable bonds is 2. The minimum atomic E-state index is -0.121. The maximum absolute atomic E-state index is 9.46. The highest BCUT2D eigenvalue weighted by Gasteiger charge is 2.19. The number of nitrogens with one attached hydrogen (secondary N) is 1. The van der Waals surface area contributed by atoms with E-state index in [0.29, 0.717) is 16.8 Å². The highest BCUT2D eigenvalue weighted by Crippen LogP contribution is 2.29. The number of anilines is 2. The Balaban J connectivity index is 2.06. The molecule has 94 valence electrons. The number of benzene rings is 1. The first-order valence-electron chi connectivity index (χ1n) is 6.06. The SMILES string of the molecule is Cc1cc(N)c(Cl)cc1NC1CCC(O)CC1. The number of nitrogens with two attached hydrogens (primary N) is 1. The molecule has 0 atom stereocenters. The van der Waals surface area contributed by atoms with Crippen molar-refractivity contribution in [3.05, 3.63) is 22.7 Å². The average molecular weight is 255 g/mol. The van der Waals surface area contributed by atoms with Crippen molar-refractivity contribution in [2.75, 3.05) is 11.1 Å². The molecule has 0 saturated heterocycles. The number of hydrogen-bond acceptors (Lipinski definition) is 3. The molecule has 4 N–H and O–H groups in total. The van der Waals surface area contributed by atoms with Gasteiger partial charge < -0.3 is 16.2 Å². The number of halogens is 1. The molecule has 3 nitrogen and oxygen atoms in total. The highest BCUT2D eigenvalue weighted by atomic mass is 35.5. The summed E-state index contributed by atoms with van der Waals surface area (Å²) in [5, 5.41) is 13.5. The minimum absolute atomic E-state index is 0.121. The van der Waals surface area contributed by atoms with E-state index in [1.54, 1.807) is 0 Å². The van der Waals surface area contributed by atoms with Crippen molar-refractivity contribution in [3.63, 3.8) is 0 Å². The first kappa shape index (κ1) is 12.5. The molecule has 1 aromatic rings. The van der Waals surface area contributed by atoms with Crippen molar-refractivity contribution in [2.24, 2.45) is 0 Å². The van der Waals surface area contributed by atoms with Crippen LogP contribution in [-0.2, 0) is 0 Å². The van der Waals surface area contributed by atoms with Crippen LogP contribution in [0.5, 0.6) is 0 Å². The largest absolute Gasteiger partial charge is 0.398 e. The van der Waals surface area contributed by atoms with Crippen LogP contribution in [0.4, 0.5) is 11.4 Å². The first-order chi connectivity index (χ1) is 8.06. The van der Waals surface area contributed by atoms with Crippen molar-refractivity contribution in [2.45, 2.75) is 44.8 Å². The van der Waals surface area contributed by atoms with Crippen molar-refractivity contribution >= 4 is 23.0 Å². The van der Waals surface area contributed by atoms with Gasteiger partial charge in [0.2, 0.25) is 0 Å². The van der Waals surface area contributed by atoms with Crippen LogP contribution in [-0.4, -0.2) is 17.3 Å². The second-order valence-corrected chi connectivity index (χ2v) is 5.25. The van der Waals surface area contributed by atoms with Gasteiger partial charge in [0, 0.05) is 11.7 Å². The molecule has 1 saturated carbocycles. The minimum Gasteiger partial charge on any atom is -0.398 e. The van der Waals surface area contributed by atoms with Crippen molar-refractivity contribution in [3.8, 4) is 0 Å². The Morgan fingerprint density at radius 3 is 2.59 bits per heavy atom. The summed E-state index contributed by atoms with van der Waals surface area (Å²) in [5.41, 5.74) is 8.52. The molecule has 0 amide bonds. The van der Waals surface area contributed by atoms with Crippen LogP contribution >= 0.6 is 11.6 Å². The van der Waals surface area contributed by atoms with E-state index in [1.165, 1.54) is 0 Å². The van der Waals surface area contributed by atoms with Crippen LogP contribution in [0.25, 0.3) is 0 Å². The Morgan fingerprint density at radius 2 is 1.94 bits per heavy atom. The third-order valence-electron chi connectivity index (χ3n) is 3.40. The summed E-state index contributed by atoms with van der Waals surface area (Å²) in [6, 6.07) is 4.20. The topological polar surface area (TPSA) is 58.3 Å². The summed E-state index contributed by atoms with van der Waals surface area (Å²) in [6.45, 7) is 2.02. The lowest BCUT2D eigenvalue weighted by molar-refractivity contribution is 0.126. The Bertz CT molecular complexity index is 401. The van der Waals surface area contributed by atoms with E-state index >= 15 is 0 Å². The Hall–Kier alpha value is -0.930. The number of aliphatic hydroxyl groups excluding tert-OH is 1. The van der Waals surface area contributed by atoms with Gasteiger partial charge in [-0.05, 0) is 50.3 Å². The fraction of sp³-hybridized carbons (Fsp3) is 0.538. The van der Waals surface area contributed by atoms with Crippen LogP contribution < -0.4 is 11.1 Å². The molecular formula is C13H19ClN2O. The molecular weight excluding hydrogens is 236 g/mol. The van der Waals surface area contributed by atoms with Gasteiger partial charge in [-0.15, -0.1) is 0 Å². The van der Waals surface area contributed by atoms with E-state index in [1.807, 2.05) is 19.1 Å². The molecule has 1 aromatic carbocycles. The lowest BCUT2D eigenvalue weighted by Crippen LogP contribution is -2.28.